The highest BCUT2D eigenvalue weighted by Gasteiger charge is 2.23. The number of carboxylic acids is 2. The first-order valence-electron chi connectivity index (χ1n) is 15.5. The summed E-state index contributed by atoms with van der Waals surface area (Å²) in [5.41, 5.74) is 13.4. The summed E-state index contributed by atoms with van der Waals surface area (Å²) in [5.74, 6) is -2.40. The normalized spacial score (nSPS) is 13.5. The standard InChI is InChI=1S/C37H39N5O5/c1-8-23-18(3)27-14-28-21(6)26(11-13-36(44)45)34(41-28)17-33-25(10-12-35(43)38-22(7)37(46)47)20(5)30(42-33)16-32-24(9-2)19(4)29(40-32)15-31(23)39-27/h8-9,14-17,22,39-40H,1-2,10-13H2,3-7H3,(H,38,43)(H,44,45)(H,46,47)/t22-/m0/s1. The van der Waals surface area contributed by atoms with E-state index in [4.69, 9.17) is 9.97 Å². The molecule has 3 aromatic rings. The van der Waals surface area contributed by atoms with Gasteiger partial charge in [-0.15, -0.1) is 0 Å². The van der Waals surface area contributed by atoms with Crippen molar-refractivity contribution in [2.45, 2.75) is 66.3 Å². The SMILES string of the molecule is C=Cc1c(C)c2cc3[nH]c(cc4nc(cc5nc(cc1[nH]2)C(C)=C5CCC(=O)N[C@@H](C)C(=O)O)C(CCC(=O)O)=C4C)c(C)c3C=C. The lowest BCUT2D eigenvalue weighted by atomic mass is 9.98. The fourth-order valence-electron chi connectivity index (χ4n) is 6.15. The Hall–Kier alpha value is -5.51. The van der Waals surface area contributed by atoms with E-state index >= 15 is 0 Å². The maximum atomic E-state index is 12.7. The maximum absolute atomic E-state index is 12.7. The number of allylic oxidation sites excluding steroid dienone is 4. The van der Waals surface area contributed by atoms with Crippen LogP contribution in [0, 0.1) is 13.8 Å². The Labute approximate surface area is 272 Å². The van der Waals surface area contributed by atoms with Gasteiger partial charge in [0.1, 0.15) is 6.04 Å². The van der Waals surface area contributed by atoms with Crippen LogP contribution in [0.2, 0.25) is 0 Å². The van der Waals surface area contributed by atoms with E-state index < -0.39 is 18.0 Å². The van der Waals surface area contributed by atoms with Gasteiger partial charge < -0.3 is 25.5 Å². The van der Waals surface area contributed by atoms with Crippen LogP contribution in [0.5, 0.6) is 0 Å². The number of carbonyl (C=O) groups is 3. The number of fused-ring (bicyclic) bond motifs is 8. The summed E-state index contributed by atoms with van der Waals surface area (Å²) in [7, 11) is 0. The molecule has 8 bridgehead atoms. The topological polar surface area (TPSA) is 161 Å². The molecule has 1 amide bonds. The molecule has 5 rings (SSSR count). The second-order valence-electron chi connectivity index (χ2n) is 12.0. The van der Waals surface area contributed by atoms with Crippen molar-refractivity contribution in [1.29, 1.82) is 0 Å². The minimum Gasteiger partial charge on any atom is -0.481 e. The molecule has 47 heavy (non-hydrogen) atoms. The summed E-state index contributed by atoms with van der Waals surface area (Å²) >= 11 is 0. The molecular weight excluding hydrogens is 594 g/mol. The molecule has 10 heteroatoms. The van der Waals surface area contributed by atoms with E-state index in [1.54, 1.807) is 0 Å². The van der Waals surface area contributed by atoms with Gasteiger partial charge in [-0.05, 0) is 105 Å². The van der Waals surface area contributed by atoms with Crippen molar-refractivity contribution < 1.29 is 24.6 Å². The number of amides is 1. The smallest absolute Gasteiger partial charge is 0.325 e. The Morgan fingerprint density at radius 2 is 1.21 bits per heavy atom. The molecule has 2 aliphatic heterocycles. The number of H-pyrrole nitrogens is 2. The minimum atomic E-state index is -1.11. The van der Waals surface area contributed by atoms with Crippen LogP contribution in [-0.2, 0) is 14.4 Å². The van der Waals surface area contributed by atoms with Crippen LogP contribution >= 0.6 is 0 Å². The number of aliphatic carboxylic acids is 2. The largest absolute Gasteiger partial charge is 0.481 e. The van der Waals surface area contributed by atoms with Crippen molar-refractivity contribution in [3.63, 3.8) is 0 Å². The van der Waals surface area contributed by atoms with Gasteiger partial charge in [0.05, 0.1) is 22.8 Å². The van der Waals surface area contributed by atoms with Gasteiger partial charge >= 0.3 is 11.9 Å². The number of carboxylic acid groups (broad SMARTS) is 2. The van der Waals surface area contributed by atoms with Crippen molar-refractivity contribution >= 4 is 74.4 Å². The number of hydrogen-bond donors (Lipinski definition) is 5. The predicted octanol–water partition coefficient (Wildman–Crippen LogP) is 7.31. The van der Waals surface area contributed by atoms with Crippen molar-refractivity contribution in [2.24, 2.45) is 0 Å². The highest BCUT2D eigenvalue weighted by Crippen LogP contribution is 2.38. The maximum Gasteiger partial charge on any atom is 0.325 e. The first-order valence-corrected chi connectivity index (χ1v) is 15.5. The van der Waals surface area contributed by atoms with Gasteiger partial charge in [-0.2, -0.15) is 0 Å². The molecular formula is C37H39N5O5. The summed E-state index contributed by atoms with van der Waals surface area (Å²) in [6.45, 7) is 17.5. The molecule has 2 aliphatic rings. The number of carbonyl (C=O) groups excluding carboxylic acids is 1. The molecule has 0 aromatic carbocycles. The van der Waals surface area contributed by atoms with E-state index in [1.807, 2.05) is 58.0 Å². The summed E-state index contributed by atoms with van der Waals surface area (Å²) in [6, 6.07) is 6.84. The minimum absolute atomic E-state index is 0.0568. The van der Waals surface area contributed by atoms with Crippen LogP contribution in [-0.4, -0.2) is 54.0 Å². The van der Waals surface area contributed by atoms with Crippen molar-refractivity contribution in [2.75, 3.05) is 0 Å². The summed E-state index contributed by atoms with van der Waals surface area (Å²) in [6.07, 6.45) is 4.23. The Morgan fingerprint density at radius 1 is 0.745 bits per heavy atom. The Morgan fingerprint density at radius 3 is 1.70 bits per heavy atom. The van der Waals surface area contributed by atoms with E-state index in [0.717, 1.165) is 66.6 Å². The molecule has 5 N–H and O–H groups in total. The number of aromatic nitrogens is 4. The predicted molar refractivity (Wildman–Crippen MR) is 187 cm³/mol. The van der Waals surface area contributed by atoms with E-state index in [0.29, 0.717) is 29.2 Å². The van der Waals surface area contributed by atoms with Gasteiger partial charge in [0.15, 0.2) is 0 Å². The first kappa shape index (κ1) is 32.9. The molecule has 10 nitrogen and oxygen atoms in total. The summed E-state index contributed by atoms with van der Waals surface area (Å²) < 4.78 is 0. The van der Waals surface area contributed by atoms with E-state index in [9.17, 15) is 24.6 Å². The van der Waals surface area contributed by atoms with Gasteiger partial charge in [-0.1, -0.05) is 25.3 Å². The number of hydrogen-bond acceptors (Lipinski definition) is 5. The van der Waals surface area contributed by atoms with E-state index in [1.165, 1.54) is 6.92 Å². The van der Waals surface area contributed by atoms with E-state index in [2.05, 4.69) is 34.5 Å². The van der Waals surface area contributed by atoms with Crippen LogP contribution < -0.4 is 5.32 Å². The zero-order valence-electron chi connectivity index (χ0n) is 27.3. The third-order valence-electron chi connectivity index (χ3n) is 8.98. The molecule has 0 saturated carbocycles. The Balaban J connectivity index is 1.81. The molecule has 0 aliphatic carbocycles. The van der Waals surface area contributed by atoms with Crippen LogP contribution in [0.4, 0.5) is 0 Å². The van der Waals surface area contributed by atoms with Gasteiger partial charge in [-0.25, -0.2) is 9.97 Å². The molecule has 0 radical (unpaired) electrons. The van der Waals surface area contributed by atoms with Gasteiger partial charge in [0.25, 0.3) is 0 Å². The monoisotopic (exact) mass is 633 g/mol. The van der Waals surface area contributed by atoms with Gasteiger partial charge in [0, 0.05) is 46.0 Å². The molecule has 242 valence electrons. The highest BCUT2D eigenvalue weighted by molar-refractivity contribution is 5.97. The van der Waals surface area contributed by atoms with Crippen LogP contribution in [0.15, 0.2) is 37.4 Å². The second kappa shape index (κ2) is 13.1. The molecule has 0 saturated heterocycles. The molecule has 0 unspecified atom stereocenters. The van der Waals surface area contributed by atoms with Crippen molar-refractivity contribution in [3.8, 4) is 0 Å². The van der Waals surface area contributed by atoms with Crippen molar-refractivity contribution in [1.82, 2.24) is 25.3 Å². The number of rotatable bonds is 10. The highest BCUT2D eigenvalue weighted by atomic mass is 16.4. The number of aryl methyl sites for hydroxylation is 2. The lowest BCUT2D eigenvalue weighted by molar-refractivity contribution is -0.141. The third kappa shape index (κ3) is 6.44. The third-order valence-corrected chi connectivity index (χ3v) is 8.98. The van der Waals surface area contributed by atoms with Crippen LogP contribution in [0.1, 0.15) is 91.5 Å². The fraction of sp³-hybridized carbons (Fsp3) is 0.270. The van der Waals surface area contributed by atoms with E-state index in [-0.39, 0.29) is 25.2 Å². The molecule has 0 fully saturated rings. The molecule has 1 atom stereocenters. The van der Waals surface area contributed by atoms with Gasteiger partial charge in [-0.3, -0.25) is 14.4 Å². The molecule has 3 aromatic heterocycles. The number of aromatic amines is 2. The van der Waals surface area contributed by atoms with Crippen LogP contribution in [0.25, 0.3) is 56.5 Å². The van der Waals surface area contributed by atoms with Crippen molar-refractivity contribution in [3.05, 3.63) is 82.5 Å². The quantitative estimate of drug-likeness (QED) is 0.156. The molecule has 5 heterocycles. The summed E-state index contributed by atoms with van der Waals surface area (Å²) in [5, 5.41) is 21.3. The lowest BCUT2D eigenvalue weighted by Gasteiger charge is -2.10. The fourth-order valence-corrected chi connectivity index (χ4v) is 6.15. The average molecular weight is 634 g/mol. The van der Waals surface area contributed by atoms with Gasteiger partial charge in [0.2, 0.25) is 5.91 Å². The average Bonchev–Trinajstić information content (AvgIpc) is 3.67. The lowest BCUT2D eigenvalue weighted by Crippen LogP contribution is -2.38. The first-order chi connectivity index (χ1) is 22.3. The van der Waals surface area contributed by atoms with Crippen LogP contribution in [0.3, 0.4) is 0 Å². The number of nitrogens with one attached hydrogen (secondary N) is 3. The molecule has 0 spiro atoms. The second-order valence-corrected chi connectivity index (χ2v) is 12.0. The zero-order chi connectivity index (χ0) is 34.2. The Bertz CT molecular complexity index is 2090. The summed E-state index contributed by atoms with van der Waals surface area (Å²) in [4.78, 5) is 52.7. The Kier molecular flexibility index (Phi) is 9.15. The zero-order valence-corrected chi connectivity index (χ0v) is 27.3. The number of nitrogens with zero attached hydrogens (tertiary/aromatic N) is 2.